The first-order valence-corrected chi connectivity index (χ1v) is 6.63. The number of nitrogens with one attached hydrogen (secondary N) is 1. The number of rotatable bonds is 6. The molecule has 0 saturated carbocycles. The molecule has 0 spiro atoms. The average molecular weight is 295 g/mol. The van der Waals surface area contributed by atoms with Crippen LogP contribution in [0.1, 0.15) is 18.1 Å². The van der Waals surface area contributed by atoms with Gasteiger partial charge in [0.1, 0.15) is 0 Å². The molecule has 20 heavy (non-hydrogen) atoms. The van der Waals surface area contributed by atoms with E-state index >= 15 is 0 Å². The van der Waals surface area contributed by atoms with Crippen molar-refractivity contribution in [3.8, 4) is 0 Å². The SMILES string of the molecule is CCNCc1cnn(Cc2cc(Cl)ccc2[N+](=O)[O-])c1. The van der Waals surface area contributed by atoms with Crippen LogP contribution in [0.2, 0.25) is 5.02 Å². The Morgan fingerprint density at radius 3 is 3.00 bits per heavy atom. The van der Waals surface area contributed by atoms with Crippen LogP contribution in [0, 0.1) is 10.1 Å². The highest BCUT2D eigenvalue weighted by atomic mass is 35.5. The van der Waals surface area contributed by atoms with Crippen LogP contribution in [0.3, 0.4) is 0 Å². The number of hydrogen-bond acceptors (Lipinski definition) is 4. The van der Waals surface area contributed by atoms with Gasteiger partial charge in [0.05, 0.1) is 23.2 Å². The van der Waals surface area contributed by atoms with Crippen LogP contribution in [-0.4, -0.2) is 21.2 Å². The minimum Gasteiger partial charge on any atom is -0.313 e. The van der Waals surface area contributed by atoms with Crippen LogP contribution in [0.25, 0.3) is 0 Å². The normalized spacial score (nSPS) is 10.7. The molecular formula is C13H15ClN4O2. The van der Waals surface area contributed by atoms with Crippen LogP contribution in [-0.2, 0) is 13.1 Å². The van der Waals surface area contributed by atoms with Gasteiger partial charge in [-0.15, -0.1) is 0 Å². The first kappa shape index (κ1) is 14.5. The van der Waals surface area contributed by atoms with Crippen molar-refractivity contribution in [2.75, 3.05) is 6.54 Å². The second-order valence-corrected chi connectivity index (χ2v) is 4.79. The number of nitro groups is 1. The minimum atomic E-state index is -0.408. The Balaban J connectivity index is 2.19. The van der Waals surface area contributed by atoms with Crippen LogP contribution in [0.15, 0.2) is 30.6 Å². The van der Waals surface area contributed by atoms with E-state index in [2.05, 4.69) is 10.4 Å². The summed E-state index contributed by atoms with van der Waals surface area (Å²) >= 11 is 5.90. The molecule has 0 atom stereocenters. The summed E-state index contributed by atoms with van der Waals surface area (Å²) < 4.78 is 1.67. The van der Waals surface area contributed by atoms with E-state index in [4.69, 9.17) is 11.6 Å². The van der Waals surface area contributed by atoms with Crippen molar-refractivity contribution in [3.63, 3.8) is 0 Å². The zero-order valence-electron chi connectivity index (χ0n) is 11.0. The van der Waals surface area contributed by atoms with E-state index in [-0.39, 0.29) is 5.69 Å². The Morgan fingerprint density at radius 1 is 1.50 bits per heavy atom. The van der Waals surface area contributed by atoms with Crippen molar-refractivity contribution in [1.82, 2.24) is 15.1 Å². The number of hydrogen-bond donors (Lipinski definition) is 1. The molecule has 6 nitrogen and oxygen atoms in total. The summed E-state index contributed by atoms with van der Waals surface area (Å²) in [6.45, 7) is 3.96. The monoisotopic (exact) mass is 294 g/mol. The van der Waals surface area contributed by atoms with Crippen molar-refractivity contribution >= 4 is 17.3 Å². The molecule has 0 aliphatic rings. The minimum absolute atomic E-state index is 0.0538. The van der Waals surface area contributed by atoms with Crippen molar-refractivity contribution in [2.45, 2.75) is 20.0 Å². The van der Waals surface area contributed by atoms with Crippen molar-refractivity contribution in [2.24, 2.45) is 0 Å². The maximum absolute atomic E-state index is 11.0. The average Bonchev–Trinajstić information content (AvgIpc) is 2.83. The quantitative estimate of drug-likeness (QED) is 0.656. The number of benzene rings is 1. The van der Waals surface area contributed by atoms with Gasteiger partial charge in [-0.05, 0) is 18.7 Å². The molecule has 1 aromatic carbocycles. The number of nitrogens with zero attached hydrogens (tertiary/aromatic N) is 3. The lowest BCUT2D eigenvalue weighted by Gasteiger charge is -2.04. The lowest BCUT2D eigenvalue weighted by molar-refractivity contribution is -0.385. The van der Waals surface area contributed by atoms with E-state index in [1.54, 1.807) is 16.9 Å². The van der Waals surface area contributed by atoms with Gasteiger partial charge in [0, 0.05) is 29.4 Å². The van der Waals surface area contributed by atoms with Gasteiger partial charge in [0.25, 0.3) is 5.69 Å². The third-order valence-corrected chi connectivity index (χ3v) is 3.07. The van der Waals surface area contributed by atoms with Gasteiger partial charge >= 0.3 is 0 Å². The smallest absolute Gasteiger partial charge is 0.274 e. The van der Waals surface area contributed by atoms with Gasteiger partial charge < -0.3 is 5.32 Å². The van der Waals surface area contributed by atoms with E-state index < -0.39 is 4.92 Å². The van der Waals surface area contributed by atoms with Crippen molar-refractivity contribution < 1.29 is 4.92 Å². The van der Waals surface area contributed by atoms with Crippen LogP contribution in [0.4, 0.5) is 5.69 Å². The first-order chi connectivity index (χ1) is 9.60. The third kappa shape index (κ3) is 3.55. The molecule has 0 unspecified atom stereocenters. The van der Waals surface area contributed by atoms with Gasteiger partial charge in [0.15, 0.2) is 0 Å². The molecule has 7 heteroatoms. The second-order valence-electron chi connectivity index (χ2n) is 4.36. The molecule has 1 N–H and O–H groups in total. The van der Waals surface area contributed by atoms with Crippen molar-refractivity contribution in [3.05, 3.63) is 56.9 Å². The molecule has 0 amide bonds. The fraction of sp³-hybridized carbons (Fsp3) is 0.308. The van der Waals surface area contributed by atoms with Gasteiger partial charge in [-0.2, -0.15) is 5.10 Å². The van der Waals surface area contributed by atoms with E-state index in [9.17, 15) is 10.1 Å². The summed E-state index contributed by atoms with van der Waals surface area (Å²) in [6.07, 6.45) is 3.62. The predicted molar refractivity (Wildman–Crippen MR) is 76.8 cm³/mol. The molecule has 2 rings (SSSR count). The zero-order chi connectivity index (χ0) is 14.5. The molecule has 0 aliphatic heterocycles. The lowest BCUT2D eigenvalue weighted by Crippen LogP contribution is -2.11. The van der Waals surface area contributed by atoms with Gasteiger partial charge in [-0.1, -0.05) is 18.5 Å². The van der Waals surface area contributed by atoms with Crippen LogP contribution in [0.5, 0.6) is 0 Å². The molecular weight excluding hydrogens is 280 g/mol. The number of aromatic nitrogens is 2. The highest BCUT2D eigenvalue weighted by Crippen LogP contribution is 2.23. The Morgan fingerprint density at radius 2 is 2.30 bits per heavy atom. The predicted octanol–water partition coefficient (Wildman–Crippen LogP) is 2.60. The maximum atomic E-state index is 11.0. The molecule has 0 radical (unpaired) electrons. The standard InChI is InChI=1S/C13H15ClN4O2/c1-2-15-6-10-7-16-17(8-10)9-11-5-12(14)3-4-13(11)18(19)20/h3-5,7-8,15H,2,6,9H2,1H3. The lowest BCUT2D eigenvalue weighted by atomic mass is 10.2. The highest BCUT2D eigenvalue weighted by Gasteiger charge is 2.14. The summed E-state index contributed by atoms with van der Waals surface area (Å²) in [6, 6.07) is 4.54. The summed E-state index contributed by atoms with van der Waals surface area (Å²) in [7, 11) is 0. The fourth-order valence-electron chi connectivity index (χ4n) is 1.89. The molecule has 2 aromatic rings. The van der Waals surface area contributed by atoms with E-state index in [1.165, 1.54) is 12.1 Å². The Kier molecular flexibility index (Phi) is 4.70. The molecule has 0 bridgehead atoms. The maximum Gasteiger partial charge on any atom is 0.274 e. The van der Waals surface area contributed by atoms with Gasteiger partial charge in [-0.3, -0.25) is 14.8 Å². The summed E-state index contributed by atoms with van der Waals surface area (Å²) in [5.74, 6) is 0. The molecule has 1 aromatic heterocycles. The molecule has 106 valence electrons. The Hall–Kier alpha value is -1.92. The Bertz CT molecular complexity index is 612. The van der Waals surface area contributed by atoms with Crippen LogP contribution >= 0.6 is 11.6 Å². The summed E-state index contributed by atoms with van der Waals surface area (Å²) in [5.41, 5.74) is 1.63. The molecule has 0 aliphatic carbocycles. The second kappa shape index (κ2) is 6.49. The molecule has 0 saturated heterocycles. The first-order valence-electron chi connectivity index (χ1n) is 6.25. The molecule has 0 fully saturated rings. The van der Waals surface area contributed by atoms with E-state index in [1.807, 2.05) is 13.1 Å². The third-order valence-electron chi connectivity index (χ3n) is 2.84. The highest BCUT2D eigenvalue weighted by molar-refractivity contribution is 6.30. The summed E-state index contributed by atoms with van der Waals surface area (Å²) in [4.78, 5) is 10.6. The van der Waals surface area contributed by atoms with Gasteiger partial charge in [-0.25, -0.2) is 0 Å². The van der Waals surface area contributed by atoms with E-state index in [0.717, 1.165) is 18.7 Å². The van der Waals surface area contributed by atoms with E-state index in [0.29, 0.717) is 17.1 Å². The fourth-order valence-corrected chi connectivity index (χ4v) is 2.08. The Labute approximate surface area is 121 Å². The zero-order valence-corrected chi connectivity index (χ0v) is 11.8. The van der Waals surface area contributed by atoms with Gasteiger partial charge in [0.2, 0.25) is 0 Å². The van der Waals surface area contributed by atoms with Crippen molar-refractivity contribution in [1.29, 1.82) is 0 Å². The molecule has 1 heterocycles. The topological polar surface area (TPSA) is 73.0 Å². The van der Waals surface area contributed by atoms with Crippen LogP contribution < -0.4 is 5.32 Å². The number of nitro benzene ring substituents is 1. The largest absolute Gasteiger partial charge is 0.313 e. The summed E-state index contributed by atoms with van der Waals surface area (Å²) in [5, 5.41) is 18.9. The number of halogens is 1.